The summed E-state index contributed by atoms with van der Waals surface area (Å²) in [6.45, 7) is 3.88. The summed E-state index contributed by atoms with van der Waals surface area (Å²) < 4.78 is 4.99. The summed E-state index contributed by atoms with van der Waals surface area (Å²) >= 11 is 1.77. The molecule has 1 N–H and O–H groups in total. The monoisotopic (exact) mass is 222 g/mol. The van der Waals surface area contributed by atoms with Crippen molar-refractivity contribution in [1.29, 1.82) is 0 Å². The lowest BCUT2D eigenvalue weighted by Crippen LogP contribution is -2.15. The van der Waals surface area contributed by atoms with E-state index >= 15 is 0 Å². The van der Waals surface area contributed by atoms with Gasteiger partial charge in [0.25, 0.3) is 0 Å². The van der Waals surface area contributed by atoms with Gasteiger partial charge >= 0.3 is 0 Å². The molecule has 3 nitrogen and oxygen atoms in total. The van der Waals surface area contributed by atoms with Crippen molar-refractivity contribution in [3.63, 3.8) is 0 Å². The van der Waals surface area contributed by atoms with Gasteiger partial charge in [-0.05, 0) is 19.4 Å². The Morgan fingerprint density at radius 1 is 1.53 bits per heavy atom. The van der Waals surface area contributed by atoms with E-state index in [4.69, 9.17) is 4.42 Å². The SMILES string of the molecule is Cc1ncc(CCNCc2ccoc2)s1. The standard InChI is InChI=1S/C11H14N2OS/c1-9-13-7-11(15-9)2-4-12-6-10-3-5-14-8-10/h3,5,7-8,12H,2,4,6H2,1H3. The van der Waals surface area contributed by atoms with Crippen LogP contribution in [0.5, 0.6) is 0 Å². The molecule has 0 radical (unpaired) electrons. The number of nitrogens with one attached hydrogen (secondary N) is 1. The second-order valence-electron chi connectivity index (χ2n) is 3.40. The number of thiazole rings is 1. The van der Waals surface area contributed by atoms with Gasteiger partial charge in [-0.3, -0.25) is 0 Å². The molecular formula is C11H14N2OS. The molecule has 0 bridgehead atoms. The third kappa shape index (κ3) is 3.18. The molecule has 0 saturated carbocycles. The van der Waals surface area contributed by atoms with Crippen LogP contribution in [0, 0.1) is 6.92 Å². The first-order chi connectivity index (χ1) is 7.34. The van der Waals surface area contributed by atoms with E-state index in [1.54, 1.807) is 23.9 Å². The van der Waals surface area contributed by atoms with Gasteiger partial charge in [-0.15, -0.1) is 11.3 Å². The molecule has 0 aliphatic carbocycles. The lowest BCUT2D eigenvalue weighted by atomic mass is 10.3. The summed E-state index contributed by atoms with van der Waals surface area (Å²) in [5.41, 5.74) is 1.19. The first kappa shape index (κ1) is 10.4. The highest BCUT2D eigenvalue weighted by molar-refractivity contribution is 7.11. The smallest absolute Gasteiger partial charge is 0.0947 e. The van der Waals surface area contributed by atoms with Crippen LogP contribution in [0.3, 0.4) is 0 Å². The number of nitrogens with zero attached hydrogens (tertiary/aromatic N) is 1. The Labute approximate surface area is 93.2 Å². The highest BCUT2D eigenvalue weighted by Gasteiger charge is 1.98. The highest BCUT2D eigenvalue weighted by atomic mass is 32.1. The summed E-state index contributed by atoms with van der Waals surface area (Å²) in [5, 5.41) is 4.50. The molecule has 0 aromatic carbocycles. The second kappa shape index (κ2) is 5.09. The molecule has 15 heavy (non-hydrogen) atoms. The van der Waals surface area contributed by atoms with Crippen molar-refractivity contribution in [3.05, 3.63) is 40.2 Å². The molecule has 0 atom stereocenters. The maximum atomic E-state index is 4.99. The summed E-state index contributed by atoms with van der Waals surface area (Å²) in [6.07, 6.45) is 6.47. The van der Waals surface area contributed by atoms with Crippen LogP contribution >= 0.6 is 11.3 Å². The van der Waals surface area contributed by atoms with Crippen molar-refractivity contribution < 1.29 is 4.42 Å². The second-order valence-corrected chi connectivity index (χ2v) is 4.72. The predicted octanol–water partition coefficient (Wildman–Crippen LogP) is 2.38. The number of hydrogen-bond acceptors (Lipinski definition) is 4. The fraction of sp³-hybridized carbons (Fsp3) is 0.364. The van der Waals surface area contributed by atoms with Crippen molar-refractivity contribution in [2.45, 2.75) is 19.9 Å². The zero-order valence-electron chi connectivity index (χ0n) is 8.69. The molecule has 0 aliphatic heterocycles. The lowest BCUT2D eigenvalue weighted by Gasteiger charge is -2.00. The fourth-order valence-electron chi connectivity index (χ4n) is 1.36. The molecule has 4 heteroatoms. The van der Waals surface area contributed by atoms with Crippen molar-refractivity contribution in [2.24, 2.45) is 0 Å². The Kier molecular flexibility index (Phi) is 3.53. The number of aromatic nitrogens is 1. The molecule has 0 spiro atoms. The Bertz CT molecular complexity index is 394. The van der Waals surface area contributed by atoms with E-state index in [1.807, 2.05) is 19.2 Å². The van der Waals surface area contributed by atoms with Crippen LogP contribution in [0.4, 0.5) is 0 Å². The van der Waals surface area contributed by atoms with Crippen LogP contribution in [0.1, 0.15) is 15.4 Å². The quantitative estimate of drug-likeness (QED) is 0.789. The molecular weight excluding hydrogens is 208 g/mol. The fourth-order valence-corrected chi connectivity index (χ4v) is 2.15. The Hall–Kier alpha value is -1.13. The van der Waals surface area contributed by atoms with E-state index in [2.05, 4.69) is 10.3 Å². The summed E-state index contributed by atoms with van der Waals surface area (Å²) in [5.74, 6) is 0. The van der Waals surface area contributed by atoms with Gasteiger partial charge in [-0.1, -0.05) is 0 Å². The van der Waals surface area contributed by atoms with Gasteiger partial charge in [0.15, 0.2) is 0 Å². The highest BCUT2D eigenvalue weighted by Crippen LogP contribution is 2.11. The van der Waals surface area contributed by atoms with E-state index in [0.717, 1.165) is 24.5 Å². The normalized spacial score (nSPS) is 10.7. The topological polar surface area (TPSA) is 38.1 Å². The van der Waals surface area contributed by atoms with Gasteiger partial charge < -0.3 is 9.73 Å². The first-order valence-electron chi connectivity index (χ1n) is 4.98. The number of aryl methyl sites for hydroxylation is 1. The van der Waals surface area contributed by atoms with Crippen molar-refractivity contribution in [3.8, 4) is 0 Å². The maximum Gasteiger partial charge on any atom is 0.0947 e. The minimum Gasteiger partial charge on any atom is -0.472 e. The molecule has 2 heterocycles. The number of hydrogen-bond donors (Lipinski definition) is 1. The lowest BCUT2D eigenvalue weighted by molar-refractivity contribution is 0.560. The van der Waals surface area contributed by atoms with Crippen LogP contribution in [0.25, 0.3) is 0 Å². The zero-order valence-corrected chi connectivity index (χ0v) is 9.51. The Balaban J connectivity index is 1.67. The van der Waals surface area contributed by atoms with Crippen molar-refractivity contribution >= 4 is 11.3 Å². The molecule has 0 saturated heterocycles. The average molecular weight is 222 g/mol. The van der Waals surface area contributed by atoms with E-state index in [-0.39, 0.29) is 0 Å². The van der Waals surface area contributed by atoms with Crippen LogP contribution in [0.15, 0.2) is 29.2 Å². The number of rotatable bonds is 5. The summed E-state index contributed by atoms with van der Waals surface area (Å²) in [7, 11) is 0. The molecule has 2 rings (SSSR count). The molecule has 0 amide bonds. The Morgan fingerprint density at radius 2 is 2.47 bits per heavy atom. The summed E-state index contributed by atoms with van der Waals surface area (Å²) in [6, 6.07) is 1.98. The van der Waals surface area contributed by atoms with Crippen molar-refractivity contribution in [1.82, 2.24) is 10.3 Å². The average Bonchev–Trinajstić information content (AvgIpc) is 2.84. The minimum atomic E-state index is 0.869. The van der Waals surface area contributed by atoms with Gasteiger partial charge in [0.05, 0.1) is 17.5 Å². The van der Waals surface area contributed by atoms with Crippen LogP contribution < -0.4 is 5.32 Å². The van der Waals surface area contributed by atoms with E-state index in [1.165, 1.54) is 10.4 Å². The van der Waals surface area contributed by atoms with E-state index in [9.17, 15) is 0 Å². The largest absolute Gasteiger partial charge is 0.472 e. The molecule has 0 unspecified atom stereocenters. The molecule has 2 aromatic rings. The molecule has 0 aliphatic rings. The first-order valence-corrected chi connectivity index (χ1v) is 5.79. The third-order valence-corrected chi connectivity index (χ3v) is 3.10. The maximum absolute atomic E-state index is 4.99. The Morgan fingerprint density at radius 3 is 3.13 bits per heavy atom. The number of furan rings is 1. The van der Waals surface area contributed by atoms with Gasteiger partial charge in [0.1, 0.15) is 0 Å². The predicted molar refractivity (Wildman–Crippen MR) is 61.0 cm³/mol. The van der Waals surface area contributed by atoms with Crippen LogP contribution in [-0.4, -0.2) is 11.5 Å². The zero-order chi connectivity index (χ0) is 10.5. The molecule has 2 aromatic heterocycles. The van der Waals surface area contributed by atoms with Gasteiger partial charge in [0.2, 0.25) is 0 Å². The summed E-state index contributed by atoms with van der Waals surface area (Å²) in [4.78, 5) is 5.56. The minimum absolute atomic E-state index is 0.869. The third-order valence-electron chi connectivity index (χ3n) is 2.13. The molecule has 0 fully saturated rings. The van der Waals surface area contributed by atoms with Crippen LogP contribution in [-0.2, 0) is 13.0 Å². The van der Waals surface area contributed by atoms with E-state index in [0.29, 0.717) is 0 Å². The molecule has 80 valence electrons. The van der Waals surface area contributed by atoms with E-state index < -0.39 is 0 Å². The van der Waals surface area contributed by atoms with Crippen molar-refractivity contribution in [2.75, 3.05) is 6.54 Å². The van der Waals surface area contributed by atoms with Gasteiger partial charge in [0, 0.05) is 29.7 Å². The van der Waals surface area contributed by atoms with Crippen LogP contribution in [0.2, 0.25) is 0 Å². The van der Waals surface area contributed by atoms with Gasteiger partial charge in [-0.25, -0.2) is 4.98 Å². The van der Waals surface area contributed by atoms with Gasteiger partial charge in [-0.2, -0.15) is 0 Å².